The number of nitrogens with zero attached hydrogens (tertiary/aromatic N) is 2. The van der Waals surface area contributed by atoms with Crippen molar-refractivity contribution in [2.24, 2.45) is 0 Å². The third-order valence-electron chi connectivity index (χ3n) is 6.83. The molecule has 0 aliphatic rings. The zero-order valence-electron chi connectivity index (χ0n) is 24.9. The molecule has 0 saturated carbocycles. The molecule has 0 fully saturated rings. The van der Waals surface area contributed by atoms with Gasteiger partial charge in [-0.3, -0.25) is 13.9 Å². The third kappa shape index (κ3) is 8.34. The fourth-order valence-corrected chi connectivity index (χ4v) is 6.34. The highest BCUT2D eigenvalue weighted by Gasteiger charge is 2.34. The molecule has 0 heterocycles. The van der Waals surface area contributed by atoms with Crippen molar-refractivity contribution in [1.82, 2.24) is 10.2 Å². The lowest BCUT2D eigenvalue weighted by atomic mass is 10.1. The molecule has 0 bridgehead atoms. The largest absolute Gasteiger partial charge is 0.493 e. The van der Waals surface area contributed by atoms with Crippen molar-refractivity contribution in [1.29, 1.82) is 0 Å². The molecule has 2 amide bonds. The van der Waals surface area contributed by atoms with Gasteiger partial charge in [-0.05, 0) is 61.7 Å². The molecule has 3 rings (SSSR count). The lowest BCUT2D eigenvalue weighted by molar-refractivity contribution is -0.140. The predicted octanol–water partition coefficient (Wildman–Crippen LogP) is 5.85. The number of methoxy groups -OCH3 is 2. The average Bonchev–Trinajstić information content (AvgIpc) is 2.99. The van der Waals surface area contributed by atoms with E-state index in [4.69, 9.17) is 32.7 Å². The van der Waals surface area contributed by atoms with Gasteiger partial charge in [0.25, 0.3) is 10.0 Å². The van der Waals surface area contributed by atoms with Gasteiger partial charge in [0.1, 0.15) is 12.6 Å². The highest BCUT2D eigenvalue weighted by molar-refractivity contribution is 7.92. The second kappa shape index (κ2) is 15.3. The number of hydrogen-bond donors (Lipinski definition) is 1. The molecule has 0 spiro atoms. The molecule has 232 valence electrons. The Morgan fingerprint density at radius 3 is 2.19 bits per heavy atom. The van der Waals surface area contributed by atoms with Crippen LogP contribution in [0.1, 0.15) is 37.8 Å². The monoisotopic (exact) mass is 649 g/mol. The molecule has 12 heteroatoms. The Hall–Kier alpha value is -3.47. The molecule has 9 nitrogen and oxygen atoms in total. The van der Waals surface area contributed by atoms with Crippen molar-refractivity contribution in [3.05, 3.63) is 81.8 Å². The number of benzene rings is 3. The van der Waals surface area contributed by atoms with Crippen LogP contribution in [0, 0.1) is 6.92 Å². The van der Waals surface area contributed by atoms with E-state index in [2.05, 4.69) is 5.32 Å². The highest BCUT2D eigenvalue weighted by Crippen LogP contribution is 2.34. The summed E-state index contributed by atoms with van der Waals surface area (Å²) < 4.78 is 39.9. The van der Waals surface area contributed by atoms with E-state index < -0.39 is 28.5 Å². The van der Waals surface area contributed by atoms with Gasteiger partial charge in [-0.15, -0.1) is 0 Å². The minimum atomic E-state index is -4.25. The second-order valence-corrected chi connectivity index (χ2v) is 12.5. The number of amides is 2. The molecule has 1 N–H and O–H groups in total. The number of nitrogens with one attached hydrogen (secondary N) is 1. The van der Waals surface area contributed by atoms with Gasteiger partial charge < -0.3 is 19.7 Å². The van der Waals surface area contributed by atoms with E-state index in [0.717, 1.165) is 9.87 Å². The molecule has 0 aliphatic carbocycles. The zero-order chi connectivity index (χ0) is 31.7. The van der Waals surface area contributed by atoms with Crippen molar-refractivity contribution in [2.75, 3.05) is 31.6 Å². The number of carbonyl (C=O) groups is 2. The van der Waals surface area contributed by atoms with E-state index in [0.29, 0.717) is 34.3 Å². The van der Waals surface area contributed by atoms with Crippen LogP contribution in [-0.2, 0) is 26.2 Å². The summed E-state index contributed by atoms with van der Waals surface area (Å²) in [6, 6.07) is 14.9. The number of anilines is 1. The van der Waals surface area contributed by atoms with E-state index in [1.807, 2.05) is 13.8 Å². The van der Waals surface area contributed by atoms with E-state index in [1.54, 1.807) is 43.3 Å². The summed E-state index contributed by atoms with van der Waals surface area (Å²) in [6.07, 6.45) is 0.995. The SMILES string of the molecule is CCCNC(=O)C(CC)N(Cc1ccc(Cl)cc1Cl)C(=O)CN(c1ccc(OC)c(OC)c1)S(=O)(=O)c1ccc(C)cc1. The first kappa shape index (κ1) is 34.0. The standard InChI is InChI=1S/C31H37Cl2N3O6S/c1-6-16-34-31(38)27(7-2)35(19-22-10-11-23(32)17-26(22)33)30(37)20-36(24-12-15-28(41-4)29(18-24)42-5)43(39,40)25-13-8-21(3)9-14-25/h8-15,17-18,27H,6-7,16,19-20H2,1-5H3,(H,34,38). The smallest absolute Gasteiger partial charge is 0.264 e. The molecule has 0 radical (unpaired) electrons. The summed E-state index contributed by atoms with van der Waals surface area (Å²) >= 11 is 12.6. The number of sulfonamides is 1. The van der Waals surface area contributed by atoms with E-state index >= 15 is 0 Å². The van der Waals surface area contributed by atoms with E-state index in [9.17, 15) is 18.0 Å². The molecule has 1 unspecified atom stereocenters. The second-order valence-electron chi connectivity index (χ2n) is 9.84. The Kier molecular flexibility index (Phi) is 12.1. The summed E-state index contributed by atoms with van der Waals surface area (Å²) in [5.74, 6) is -0.272. The molecule has 3 aromatic carbocycles. The van der Waals surface area contributed by atoms with Crippen molar-refractivity contribution in [3.8, 4) is 11.5 Å². The summed E-state index contributed by atoms with van der Waals surface area (Å²) in [7, 11) is -1.35. The fourth-order valence-electron chi connectivity index (χ4n) is 4.47. The normalized spacial score (nSPS) is 11.9. The lowest BCUT2D eigenvalue weighted by Crippen LogP contribution is -2.52. The Morgan fingerprint density at radius 1 is 0.930 bits per heavy atom. The van der Waals surface area contributed by atoms with Crippen LogP contribution >= 0.6 is 23.2 Å². The summed E-state index contributed by atoms with van der Waals surface area (Å²) in [5.41, 5.74) is 1.61. The van der Waals surface area contributed by atoms with Gasteiger partial charge in [-0.2, -0.15) is 0 Å². The van der Waals surface area contributed by atoms with Crippen molar-refractivity contribution >= 4 is 50.7 Å². The minimum absolute atomic E-state index is 0.000658. The molecular formula is C31H37Cl2N3O6S. The van der Waals surface area contributed by atoms with Crippen LogP contribution in [0.25, 0.3) is 0 Å². The quantitative estimate of drug-likeness (QED) is 0.235. The third-order valence-corrected chi connectivity index (χ3v) is 9.21. The van der Waals surface area contributed by atoms with Crippen LogP contribution in [0.2, 0.25) is 10.0 Å². The number of ether oxygens (including phenoxy) is 2. The van der Waals surface area contributed by atoms with Gasteiger partial charge in [0.05, 0.1) is 24.8 Å². The zero-order valence-corrected chi connectivity index (χ0v) is 27.2. The Balaban J connectivity index is 2.13. The van der Waals surface area contributed by atoms with Crippen LogP contribution in [0.15, 0.2) is 65.6 Å². The minimum Gasteiger partial charge on any atom is -0.493 e. The number of rotatable bonds is 14. The van der Waals surface area contributed by atoms with Gasteiger partial charge in [-0.25, -0.2) is 8.42 Å². The van der Waals surface area contributed by atoms with Crippen LogP contribution in [0.5, 0.6) is 11.5 Å². The number of carbonyl (C=O) groups excluding carboxylic acids is 2. The Labute approximate surface area is 263 Å². The van der Waals surface area contributed by atoms with E-state index in [-0.39, 0.29) is 35.2 Å². The number of halogens is 2. The van der Waals surface area contributed by atoms with Crippen LogP contribution < -0.4 is 19.1 Å². The highest BCUT2D eigenvalue weighted by atomic mass is 35.5. The van der Waals surface area contributed by atoms with Gasteiger partial charge in [0, 0.05) is 29.2 Å². The van der Waals surface area contributed by atoms with E-state index in [1.165, 1.54) is 43.4 Å². The van der Waals surface area contributed by atoms with Crippen LogP contribution in [0.3, 0.4) is 0 Å². The predicted molar refractivity (Wildman–Crippen MR) is 170 cm³/mol. The summed E-state index contributed by atoms with van der Waals surface area (Å²) in [6.45, 7) is 5.34. The molecule has 0 saturated heterocycles. The van der Waals surface area contributed by atoms with Gasteiger partial charge in [-0.1, -0.05) is 60.8 Å². The van der Waals surface area contributed by atoms with Gasteiger partial charge in [0.15, 0.2) is 11.5 Å². The van der Waals surface area contributed by atoms with Crippen LogP contribution in [-0.4, -0.2) is 58.5 Å². The molecule has 1 atom stereocenters. The maximum atomic E-state index is 14.2. The van der Waals surface area contributed by atoms with Crippen LogP contribution in [0.4, 0.5) is 5.69 Å². The first-order valence-corrected chi connectivity index (χ1v) is 16.0. The fraction of sp³-hybridized carbons (Fsp3) is 0.355. The Morgan fingerprint density at radius 2 is 1.60 bits per heavy atom. The van der Waals surface area contributed by atoms with Gasteiger partial charge in [0.2, 0.25) is 11.8 Å². The van der Waals surface area contributed by atoms with Crippen molar-refractivity contribution in [2.45, 2.75) is 51.1 Å². The maximum absolute atomic E-state index is 14.2. The molecule has 3 aromatic rings. The summed E-state index contributed by atoms with van der Waals surface area (Å²) in [4.78, 5) is 28.8. The first-order valence-electron chi connectivity index (χ1n) is 13.8. The molecule has 43 heavy (non-hydrogen) atoms. The lowest BCUT2D eigenvalue weighted by Gasteiger charge is -2.33. The molecular weight excluding hydrogens is 613 g/mol. The van der Waals surface area contributed by atoms with Crippen molar-refractivity contribution in [3.63, 3.8) is 0 Å². The van der Waals surface area contributed by atoms with Crippen molar-refractivity contribution < 1.29 is 27.5 Å². The maximum Gasteiger partial charge on any atom is 0.264 e. The summed E-state index contributed by atoms with van der Waals surface area (Å²) in [5, 5.41) is 3.59. The first-order chi connectivity index (χ1) is 20.5. The average molecular weight is 651 g/mol. The van der Waals surface area contributed by atoms with Gasteiger partial charge >= 0.3 is 0 Å². The number of aryl methyl sites for hydroxylation is 1. The molecule has 0 aromatic heterocycles. The molecule has 0 aliphatic heterocycles. The number of hydrogen-bond acceptors (Lipinski definition) is 6. The topological polar surface area (TPSA) is 105 Å². The Bertz CT molecular complexity index is 1530.